The number of piperazine rings is 1. The quantitative estimate of drug-likeness (QED) is 0.726. The van der Waals surface area contributed by atoms with Crippen molar-refractivity contribution >= 4 is 11.8 Å². The zero-order valence-corrected chi connectivity index (χ0v) is 18.8. The molecule has 0 radical (unpaired) electrons. The van der Waals surface area contributed by atoms with Gasteiger partial charge in [0.25, 0.3) is 5.91 Å². The summed E-state index contributed by atoms with van der Waals surface area (Å²) in [5.41, 5.74) is 1.98. The standard InChI is InChI=1S/C26H33N3O3/c1-2-24-25(30)27-15-19-29(24)26(31)21-8-10-22(11-9-21)32-23-13-17-28(18-14-23)16-12-20-6-4-3-5-7-20/h3-11,23-24H,2,12-19H2,1H3,(H,27,30). The maximum absolute atomic E-state index is 12.9. The Morgan fingerprint density at radius 2 is 1.75 bits per heavy atom. The van der Waals surface area contributed by atoms with Gasteiger partial charge in [-0.05, 0) is 55.5 Å². The molecule has 2 fully saturated rings. The van der Waals surface area contributed by atoms with E-state index in [1.54, 1.807) is 4.90 Å². The molecule has 2 amide bonds. The van der Waals surface area contributed by atoms with Crippen LogP contribution in [-0.4, -0.2) is 66.5 Å². The van der Waals surface area contributed by atoms with Gasteiger partial charge in [0.1, 0.15) is 17.9 Å². The van der Waals surface area contributed by atoms with Crippen molar-refractivity contribution in [3.05, 3.63) is 65.7 Å². The van der Waals surface area contributed by atoms with Crippen LogP contribution in [0.25, 0.3) is 0 Å². The molecule has 2 aromatic rings. The summed E-state index contributed by atoms with van der Waals surface area (Å²) in [7, 11) is 0. The van der Waals surface area contributed by atoms with E-state index in [1.165, 1.54) is 5.56 Å². The number of carbonyl (C=O) groups is 2. The average Bonchev–Trinajstić information content (AvgIpc) is 2.84. The molecule has 32 heavy (non-hydrogen) atoms. The lowest BCUT2D eigenvalue weighted by Crippen LogP contribution is -2.56. The summed E-state index contributed by atoms with van der Waals surface area (Å²) in [4.78, 5) is 29.2. The van der Waals surface area contributed by atoms with Crippen LogP contribution in [-0.2, 0) is 11.2 Å². The second kappa shape index (κ2) is 10.6. The normalized spacial score (nSPS) is 20.1. The monoisotopic (exact) mass is 435 g/mol. The first kappa shape index (κ1) is 22.3. The van der Waals surface area contributed by atoms with Gasteiger partial charge in [-0.25, -0.2) is 0 Å². The van der Waals surface area contributed by atoms with Gasteiger partial charge in [-0.2, -0.15) is 0 Å². The predicted octanol–water partition coefficient (Wildman–Crippen LogP) is 3.12. The molecule has 4 rings (SSSR count). The second-order valence-corrected chi connectivity index (χ2v) is 8.63. The van der Waals surface area contributed by atoms with Crippen LogP contribution < -0.4 is 10.1 Å². The Balaban J connectivity index is 1.25. The minimum atomic E-state index is -0.390. The van der Waals surface area contributed by atoms with Crippen LogP contribution in [0, 0.1) is 0 Å². The topological polar surface area (TPSA) is 61.9 Å². The van der Waals surface area contributed by atoms with E-state index in [1.807, 2.05) is 31.2 Å². The highest BCUT2D eigenvalue weighted by Crippen LogP contribution is 2.21. The van der Waals surface area contributed by atoms with E-state index in [2.05, 4.69) is 40.5 Å². The Hall–Kier alpha value is -2.86. The van der Waals surface area contributed by atoms with Gasteiger partial charge in [0, 0.05) is 38.3 Å². The minimum Gasteiger partial charge on any atom is -0.490 e. The first-order valence-electron chi connectivity index (χ1n) is 11.8. The third kappa shape index (κ3) is 5.49. The third-order valence-electron chi connectivity index (χ3n) is 6.48. The molecular formula is C26H33N3O3. The van der Waals surface area contributed by atoms with Gasteiger partial charge in [-0.3, -0.25) is 9.59 Å². The van der Waals surface area contributed by atoms with Crippen molar-refractivity contribution in [2.45, 2.75) is 44.8 Å². The molecule has 1 N–H and O–H groups in total. The highest BCUT2D eigenvalue weighted by atomic mass is 16.5. The zero-order chi connectivity index (χ0) is 22.3. The highest BCUT2D eigenvalue weighted by Gasteiger charge is 2.32. The van der Waals surface area contributed by atoms with E-state index in [-0.39, 0.29) is 24.0 Å². The third-order valence-corrected chi connectivity index (χ3v) is 6.48. The van der Waals surface area contributed by atoms with E-state index in [9.17, 15) is 9.59 Å². The molecule has 6 heteroatoms. The molecule has 6 nitrogen and oxygen atoms in total. The molecule has 0 saturated carbocycles. The van der Waals surface area contributed by atoms with Crippen LogP contribution in [0.3, 0.4) is 0 Å². The van der Waals surface area contributed by atoms with Gasteiger partial charge in [0.2, 0.25) is 5.91 Å². The maximum atomic E-state index is 12.9. The number of hydrogen-bond donors (Lipinski definition) is 1. The van der Waals surface area contributed by atoms with E-state index >= 15 is 0 Å². The maximum Gasteiger partial charge on any atom is 0.254 e. The Bertz CT molecular complexity index is 892. The molecule has 1 unspecified atom stereocenters. The first-order chi connectivity index (χ1) is 15.6. The molecule has 2 aliphatic heterocycles. The number of piperidine rings is 1. The molecule has 2 saturated heterocycles. The van der Waals surface area contributed by atoms with Crippen molar-refractivity contribution in [2.24, 2.45) is 0 Å². The van der Waals surface area contributed by atoms with Crippen LogP contribution in [0.5, 0.6) is 5.75 Å². The molecule has 0 aromatic heterocycles. The van der Waals surface area contributed by atoms with Gasteiger partial charge in [0.05, 0.1) is 0 Å². The van der Waals surface area contributed by atoms with Gasteiger partial charge < -0.3 is 19.9 Å². The Kier molecular flexibility index (Phi) is 7.43. The lowest BCUT2D eigenvalue weighted by Gasteiger charge is -2.34. The Labute approximate surface area is 190 Å². The lowest BCUT2D eigenvalue weighted by atomic mass is 10.1. The number of nitrogens with one attached hydrogen (secondary N) is 1. The van der Waals surface area contributed by atoms with E-state index in [0.717, 1.165) is 44.6 Å². The number of amides is 2. The highest BCUT2D eigenvalue weighted by molar-refractivity contribution is 5.98. The summed E-state index contributed by atoms with van der Waals surface area (Å²) in [6.07, 6.45) is 3.93. The van der Waals surface area contributed by atoms with Crippen LogP contribution in [0.4, 0.5) is 0 Å². The smallest absolute Gasteiger partial charge is 0.254 e. The Morgan fingerprint density at radius 1 is 1.03 bits per heavy atom. The number of hydrogen-bond acceptors (Lipinski definition) is 4. The van der Waals surface area contributed by atoms with Gasteiger partial charge in [-0.1, -0.05) is 37.3 Å². The molecule has 0 spiro atoms. The van der Waals surface area contributed by atoms with Crippen molar-refractivity contribution in [3.8, 4) is 5.75 Å². The SMILES string of the molecule is CCC1C(=O)NCCN1C(=O)c1ccc(OC2CCN(CCc3ccccc3)CC2)cc1. The fourth-order valence-electron chi connectivity index (χ4n) is 4.58. The molecule has 2 aliphatic rings. The van der Waals surface area contributed by atoms with Gasteiger partial charge in [-0.15, -0.1) is 0 Å². The van der Waals surface area contributed by atoms with Crippen LogP contribution in [0.15, 0.2) is 54.6 Å². The first-order valence-corrected chi connectivity index (χ1v) is 11.8. The number of benzene rings is 2. The zero-order valence-electron chi connectivity index (χ0n) is 18.8. The number of ether oxygens (including phenoxy) is 1. The van der Waals surface area contributed by atoms with Crippen molar-refractivity contribution in [3.63, 3.8) is 0 Å². The van der Waals surface area contributed by atoms with Gasteiger partial charge >= 0.3 is 0 Å². The average molecular weight is 436 g/mol. The lowest BCUT2D eigenvalue weighted by molar-refractivity contribution is -0.127. The van der Waals surface area contributed by atoms with Crippen LogP contribution >= 0.6 is 0 Å². The number of likely N-dealkylation sites (tertiary alicyclic amines) is 1. The molecule has 170 valence electrons. The fourth-order valence-corrected chi connectivity index (χ4v) is 4.58. The summed E-state index contributed by atoms with van der Waals surface area (Å²) in [5.74, 6) is 0.639. The molecule has 2 heterocycles. The molecule has 0 bridgehead atoms. The number of rotatable bonds is 7. The van der Waals surface area contributed by atoms with Crippen molar-refractivity contribution < 1.29 is 14.3 Å². The summed E-state index contributed by atoms with van der Waals surface area (Å²) >= 11 is 0. The van der Waals surface area contributed by atoms with Gasteiger partial charge in [0.15, 0.2) is 0 Å². The summed E-state index contributed by atoms with van der Waals surface area (Å²) < 4.78 is 6.19. The summed E-state index contributed by atoms with van der Waals surface area (Å²) in [6, 6.07) is 17.6. The molecule has 1 atom stereocenters. The van der Waals surface area contributed by atoms with Crippen molar-refractivity contribution in [1.29, 1.82) is 0 Å². The van der Waals surface area contributed by atoms with Crippen molar-refractivity contribution in [1.82, 2.24) is 15.1 Å². The Morgan fingerprint density at radius 3 is 2.44 bits per heavy atom. The molecular weight excluding hydrogens is 402 g/mol. The van der Waals surface area contributed by atoms with E-state index in [4.69, 9.17) is 4.74 Å². The van der Waals surface area contributed by atoms with Crippen molar-refractivity contribution in [2.75, 3.05) is 32.7 Å². The summed E-state index contributed by atoms with van der Waals surface area (Å²) in [6.45, 7) is 6.16. The minimum absolute atomic E-state index is 0.0674. The van der Waals surface area contributed by atoms with Crippen LogP contribution in [0.2, 0.25) is 0 Å². The second-order valence-electron chi connectivity index (χ2n) is 8.63. The predicted molar refractivity (Wildman–Crippen MR) is 125 cm³/mol. The fraction of sp³-hybridized carbons (Fsp3) is 0.462. The van der Waals surface area contributed by atoms with E-state index in [0.29, 0.717) is 25.1 Å². The summed E-state index contributed by atoms with van der Waals surface area (Å²) in [5, 5.41) is 2.84. The number of nitrogens with zero attached hydrogens (tertiary/aromatic N) is 2. The number of carbonyl (C=O) groups excluding carboxylic acids is 2. The molecule has 2 aromatic carbocycles. The van der Waals surface area contributed by atoms with E-state index < -0.39 is 0 Å². The largest absolute Gasteiger partial charge is 0.490 e. The molecule has 0 aliphatic carbocycles. The van der Waals surface area contributed by atoms with Crippen LogP contribution in [0.1, 0.15) is 42.1 Å².